The highest BCUT2D eigenvalue weighted by Gasteiger charge is 2.20. The first-order chi connectivity index (χ1) is 7.40. The van der Waals surface area contributed by atoms with Gasteiger partial charge in [-0.2, -0.15) is 0 Å². The zero-order chi connectivity index (χ0) is 12.6. The molecule has 0 saturated carbocycles. The van der Waals surface area contributed by atoms with Crippen LogP contribution in [0.2, 0.25) is 0 Å². The van der Waals surface area contributed by atoms with Crippen molar-refractivity contribution < 1.29 is 14.3 Å². The van der Waals surface area contributed by atoms with E-state index in [1.54, 1.807) is 4.90 Å². The number of rotatable bonds is 6. The summed E-state index contributed by atoms with van der Waals surface area (Å²) in [6, 6.07) is 0. The first-order valence-corrected chi connectivity index (χ1v) is 5.66. The minimum absolute atomic E-state index is 0.300. The Morgan fingerprint density at radius 2 is 1.94 bits per heavy atom. The predicted octanol–water partition coefficient (Wildman–Crippen LogP) is 1.22. The third-order valence-corrected chi connectivity index (χ3v) is 1.80. The highest BCUT2D eigenvalue weighted by molar-refractivity contribution is 5.68. The normalized spacial score (nSPS) is 11.3. The molecule has 0 atom stereocenters. The Balaban J connectivity index is 3.93. The highest BCUT2D eigenvalue weighted by atomic mass is 16.6. The Morgan fingerprint density at radius 1 is 1.31 bits per heavy atom. The number of nitrogens with zero attached hydrogens (tertiary/aromatic N) is 1. The van der Waals surface area contributed by atoms with Gasteiger partial charge in [0, 0.05) is 19.6 Å². The Bertz CT molecular complexity index is 202. The molecule has 0 aliphatic carbocycles. The molecule has 0 aromatic carbocycles. The standard InChI is InChI=1S/C11H24N2O3/c1-5-13(7-9-15-8-6-12)10(14)16-11(2,3)4/h5-9,12H2,1-4H3. The summed E-state index contributed by atoms with van der Waals surface area (Å²) in [7, 11) is 0. The first kappa shape index (κ1) is 15.2. The van der Waals surface area contributed by atoms with Crippen LogP contribution in [0.5, 0.6) is 0 Å². The number of carbonyl (C=O) groups excluding carboxylic acids is 1. The average molecular weight is 232 g/mol. The molecule has 0 radical (unpaired) electrons. The van der Waals surface area contributed by atoms with Crippen molar-refractivity contribution in [3.8, 4) is 0 Å². The number of nitrogens with two attached hydrogens (primary N) is 1. The first-order valence-electron chi connectivity index (χ1n) is 5.66. The van der Waals surface area contributed by atoms with E-state index in [0.29, 0.717) is 32.8 Å². The van der Waals surface area contributed by atoms with Gasteiger partial charge in [0.1, 0.15) is 5.60 Å². The smallest absolute Gasteiger partial charge is 0.410 e. The molecule has 0 bridgehead atoms. The van der Waals surface area contributed by atoms with Gasteiger partial charge in [0.15, 0.2) is 0 Å². The summed E-state index contributed by atoms with van der Waals surface area (Å²) in [6.07, 6.45) is -0.300. The molecule has 16 heavy (non-hydrogen) atoms. The summed E-state index contributed by atoms with van der Waals surface area (Å²) < 4.78 is 10.5. The Kier molecular flexibility index (Phi) is 7.08. The van der Waals surface area contributed by atoms with E-state index in [9.17, 15) is 4.79 Å². The number of hydrogen-bond donors (Lipinski definition) is 1. The monoisotopic (exact) mass is 232 g/mol. The van der Waals surface area contributed by atoms with Crippen molar-refractivity contribution in [2.75, 3.05) is 32.8 Å². The summed E-state index contributed by atoms with van der Waals surface area (Å²) in [5.41, 5.74) is 4.83. The van der Waals surface area contributed by atoms with Crippen LogP contribution in [0.1, 0.15) is 27.7 Å². The quantitative estimate of drug-likeness (QED) is 0.699. The van der Waals surface area contributed by atoms with Crippen molar-refractivity contribution in [2.24, 2.45) is 5.73 Å². The molecule has 96 valence electrons. The summed E-state index contributed by atoms with van der Waals surface area (Å²) in [5, 5.41) is 0. The molecule has 0 saturated heterocycles. The molecule has 5 heteroatoms. The Morgan fingerprint density at radius 3 is 2.38 bits per heavy atom. The highest BCUT2D eigenvalue weighted by Crippen LogP contribution is 2.09. The second kappa shape index (κ2) is 7.46. The van der Waals surface area contributed by atoms with Crippen molar-refractivity contribution in [2.45, 2.75) is 33.3 Å². The molecular formula is C11H24N2O3. The Labute approximate surface area is 97.9 Å². The lowest BCUT2D eigenvalue weighted by molar-refractivity contribution is 0.0191. The minimum atomic E-state index is -0.456. The number of ether oxygens (including phenoxy) is 2. The number of likely N-dealkylation sites (N-methyl/N-ethyl adjacent to an activating group) is 1. The third-order valence-electron chi connectivity index (χ3n) is 1.80. The third kappa shape index (κ3) is 7.48. The summed E-state index contributed by atoms with van der Waals surface area (Å²) in [5.74, 6) is 0. The number of amides is 1. The lowest BCUT2D eigenvalue weighted by atomic mass is 10.2. The van der Waals surface area contributed by atoms with E-state index < -0.39 is 5.60 Å². The lowest BCUT2D eigenvalue weighted by Gasteiger charge is -2.26. The van der Waals surface area contributed by atoms with E-state index in [1.165, 1.54) is 0 Å². The summed E-state index contributed by atoms with van der Waals surface area (Å²) in [4.78, 5) is 13.3. The molecule has 0 fully saturated rings. The van der Waals surface area contributed by atoms with E-state index in [0.717, 1.165) is 0 Å². The SMILES string of the molecule is CCN(CCOCCN)C(=O)OC(C)(C)C. The van der Waals surface area contributed by atoms with Gasteiger partial charge in [-0.05, 0) is 27.7 Å². The van der Waals surface area contributed by atoms with E-state index in [2.05, 4.69) is 0 Å². The maximum atomic E-state index is 11.7. The molecule has 2 N–H and O–H groups in total. The minimum Gasteiger partial charge on any atom is -0.444 e. The van der Waals surface area contributed by atoms with Crippen molar-refractivity contribution in [1.29, 1.82) is 0 Å². The van der Waals surface area contributed by atoms with Crippen molar-refractivity contribution in [3.63, 3.8) is 0 Å². The van der Waals surface area contributed by atoms with Crippen LogP contribution >= 0.6 is 0 Å². The molecule has 0 aliphatic heterocycles. The average Bonchev–Trinajstić information content (AvgIpc) is 2.15. The van der Waals surface area contributed by atoms with Gasteiger partial charge in [-0.3, -0.25) is 0 Å². The van der Waals surface area contributed by atoms with Crippen LogP contribution in [0.4, 0.5) is 4.79 Å². The number of carbonyl (C=O) groups is 1. The molecule has 0 aliphatic rings. The van der Waals surface area contributed by atoms with Gasteiger partial charge in [0.2, 0.25) is 0 Å². The summed E-state index contributed by atoms with van der Waals surface area (Å²) >= 11 is 0. The zero-order valence-corrected chi connectivity index (χ0v) is 10.8. The van der Waals surface area contributed by atoms with Crippen molar-refractivity contribution in [1.82, 2.24) is 4.90 Å². The fourth-order valence-electron chi connectivity index (χ4n) is 1.07. The van der Waals surface area contributed by atoms with Crippen molar-refractivity contribution in [3.05, 3.63) is 0 Å². The van der Waals surface area contributed by atoms with Gasteiger partial charge >= 0.3 is 6.09 Å². The Hall–Kier alpha value is -0.810. The van der Waals surface area contributed by atoms with Gasteiger partial charge in [-0.1, -0.05) is 0 Å². The van der Waals surface area contributed by atoms with Crippen molar-refractivity contribution >= 4 is 6.09 Å². The van der Waals surface area contributed by atoms with Gasteiger partial charge in [0.05, 0.1) is 13.2 Å². The van der Waals surface area contributed by atoms with E-state index in [4.69, 9.17) is 15.2 Å². The molecule has 5 nitrogen and oxygen atoms in total. The van der Waals surface area contributed by atoms with E-state index in [1.807, 2.05) is 27.7 Å². The molecule has 0 unspecified atom stereocenters. The molecule has 0 heterocycles. The van der Waals surface area contributed by atoms with Crippen LogP contribution in [0.3, 0.4) is 0 Å². The summed E-state index contributed by atoms with van der Waals surface area (Å²) in [6.45, 7) is 10.1. The van der Waals surface area contributed by atoms with Crippen LogP contribution in [-0.4, -0.2) is 49.4 Å². The largest absolute Gasteiger partial charge is 0.444 e. The topological polar surface area (TPSA) is 64.8 Å². The second-order valence-electron chi connectivity index (χ2n) is 4.46. The maximum absolute atomic E-state index is 11.7. The predicted molar refractivity (Wildman–Crippen MR) is 63.4 cm³/mol. The van der Waals surface area contributed by atoms with Crippen LogP contribution in [-0.2, 0) is 9.47 Å². The molecule has 0 aromatic rings. The second-order valence-corrected chi connectivity index (χ2v) is 4.46. The number of hydrogen-bond acceptors (Lipinski definition) is 4. The van der Waals surface area contributed by atoms with Gasteiger partial charge in [-0.25, -0.2) is 4.79 Å². The van der Waals surface area contributed by atoms with Crippen LogP contribution in [0.25, 0.3) is 0 Å². The molecule has 0 spiro atoms. The molecule has 0 aromatic heterocycles. The molecular weight excluding hydrogens is 208 g/mol. The fourth-order valence-corrected chi connectivity index (χ4v) is 1.07. The van der Waals surface area contributed by atoms with Gasteiger partial charge in [0.25, 0.3) is 0 Å². The molecule has 1 amide bonds. The van der Waals surface area contributed by atoms with Crippen LogP contribution in [0, 0.1) is 0 Å². The zero-order valence-electron chi connectivity index (χ0n) is 10.8. The van der Waals surface area contributed by atoms with E-state index in [-0.39, 0.29) is 6.09 Å². The van der Waals surface area contributed by atoms with Gasteiger partial charge in [-0.15, -0.1) is 0 Å². The molecule has 0 rings (SSSR count). The van der Waals surface area contributed by atoms with Crippen LogP contribution < -0.4 is 5.73 Å². The van der Waals surface area contributed by atoms with Crippen LogP contribution in [0.15, 0.2) is 0 Å². The lowest BCUT2D eigenvalue weighted by Crippen LogP contribution is -2.38. The van der Waals surface area contributed by atoms with E-state index >= 15 is 0 Å². The fraction of sp³-hybridized carbons (Fsp3) is 0.909. The van der Waals surface area contributed by atoms with Gasteiger partial charge < -0.3 is 20.1 Å². The maximum Gasteiger partial charge on any atom is 0.410 e.